The maximum absolute atomic E-state index is 11.6. The lowest BCUT2D eigenvalue weighted by Crippen LogP contribution is -2.44. The zero-order valence-corrected chi connectivity index (χ0v) is 13.7. The molecule has 0 bridgehead atoms. The van der Waals surface area contributed by atoms with Crippen molar-refractivity contribution in [2.75, 3.05) is 11.9 Å². The first kappa shape index (κ1) is 18.3. The van der Waals surface area contributed by atoms with E-state index in [2.05, 4.69) is 16.2 Å². The van der Waals surface area contributed by atoms with E-state index in [1.807, 2.05) is 44.2 Å². The van der Waals surface area contributed by atoms with Crippen LogP contribution in [0, 0.1) is 0 Å². The molecule has 0 saturated heterocycles. The number of carbonyl (C=O) groups excluding carboxylic acids is 1. The predicted molar refractivity (Wildman–Crippen MR) is 90.3 cm³/mol. The van der Waals surface area contributed by atoms with Gasteiger partial charge in [0.15, 0.2) is 5.11 Å². The summed E-state index contributed by atoms with van der Waals surface area (Å²) in [4.78, 5) is 11.6. The van der Waals surface area contributed by atoms with Crippen molar-refractivity contribution in [2.24, 2.45) is 0 Å². The van der Waals surface area contributed by atoms with Gasteiger partial charge in [0.05, 0.1) is 18.8 Å². The number of carbonyl (C=O) groups is 1. The average molecular weight is 325 g/mol. The number of hydrogen-bond donors (Lipinski definition) is 4. The third kappa shape index (κ3) is 8.56. The first-order valence-electron chi connectivity index (χ1n) is 7.18. The topological polar surface area (TPSA) is 82.6 Å². The number of thiocarbonyl (C=S) groups is 1. The van der Waals surface area contributed by atoms with E-state index < -0.39 is 6.10 Å². The van der Waals surface area contributed by atoms with Crippen LogP contribution < -0.4 is 16.2 Å². The van der Waals surface area contributed by atoms with Crippen molar-refractivity contribution < 1.29 is 14.6 Å². The Kier molecular flexibility index (Phi) is 8.42. The Morgan fingerprint density at radius 2 is 1.95 bits per heavy atom. The molecule has 0 fully saturated rings. The Morgan fingerprint density at radius 3 is 2.59 bits per heavy atom. The fourth-order valence-corrected chi connectivity index (χ4v) is 1.73. The molecular formula is C15H23N3O3S. The number of ether oxygens (including phenoxy) is 1. The lowest BCUT2D eigenvalue weighted by molar-refractivity contribution is -0.122. The molecule has 0 aliphatic rings. The number of anilines is 1. The van der Waals surface area contributed by atoms with Crippen LogP contribution in [0.4, 0.5) is 5.69 Å². The quantitative estimate of drug-likeness (QED) is 0.450. The number of amides is 1. The summed E-state index contributed by atoms with van der Waals surface area (Å²) in [5, 5.41) is 12.9. The minimum Gasteiger partial charge on any atom is -0.391 e. The molecule has 0 aromatic heterocycles. The van der Waals surface area contributed by atoms with E-state index in [0.717, 1.165) is 5.69 Å². The van der Waals surface area contributed by atoms with Crippen molar-refractivity contribution in [2.45, 2.75) is 38.9 Å². The maximum atomic E-state index is 11.6. The zero-order chi connectivity index (χ0) is 16.4. The second-order valence-electron chi connectivity index (χ2n) is 5.07. The largest absolute Gasteiger partial charge is 0.391 e. The summed E-state index contributed by atoms with van der Waals surface area (Å²) in [6, 6.07) is 9.38. The van der Waals surface area contributed by atoms with E-state index in [1.165, 1.54) is 0 Å². The van der Waals surface area contributed by atoms with Crippen molar-refractivity contribution in [1.82, 2.24) is 10.9 Å². The number of benzene rings is 1. The molecule has 6 nitrogen and oxygen atoms in total. The number of aliphatic hydroxyl groups is 1. The second-order valence-corrected chi connectivity index (χ2v) is 5.48. The average Bonchev–Trinajstić information content (AvgIpc) is 2.49. The van der Waals surface area contributed by atoms with Crippen LogP contribution in [0.5, 0.6) is 0 Å². The van der Waals surface area contributed by atoms with Crippen molar-refractivity contribution >= 4 is 28.9 Å². The van der Waals surface area contributed by atoms with E-state index in [9.17, 15) is 9.90 Å². The highest BCUT2D eigenvalue weighted by Gasteiger charge is 2.09. The minimum absolute atomic E-state index is 0.0616. The molecule has 4 N–H and O–H groups in total. The molecule has 0 radical (unpaired) electrons. The van der Waals surface area contributed by atoms with Crippen molar-refractivity contribution in [3.05, 3.63) is 30.3 Å². The van der Waals surface area contributed by atoms with Crippen LogP contribution in [0.25, 0.3) is 0 Å². The first-order valence-corrected chi connectivity index (χ1v) is 7.58. The molecule has 22 heavy (non-hydrogen) atoms. The molecule has 0 spiro atoms. The van der Waals surface area contributed by atoms with Gasteiger partial charge in [-0.05, 0) is 44.6 Å². The van der Waals surface area contributed by atoms with Gasteiger partial charge in [-0.3, -0.25) is 15.6 Å². The molecule has 0 aliphatic carbocycles. The molecule has 122 valence electrons. The van der Waals surface area contributed by atoms with E-state index in [0.29, 0.717) is 11.5 Å². The predicted octanol–water partition coefficient (Wildman–Crippen LogP) is 1.57. The van der Waals surface area contributed by atoms with Gasteiger partial charge in [-0.1, -0.05) is 18.2 Å². The van der Waals surface area contributed by atoms with Crippen LogP contribution in [0.1, 0.15) is 26.7 Å². The van der Waals surface area contributed by atoms with E-state index >= 15 is 0 Å². The number of para-hydroxylation sites is 1. The lowest BCUT2D eigenvalue weighted by Gasteiger charge is -2.14. The summed E-state index contributed by atoms with van der Waals surface area (Å²) in [7, 11) is 0. The molecule has 1 atom stereocenters. The van der Waals surface area contributed by atoms with Crippen molar-refractivity contribution in [3.63, 3.8) is 0 Å². The number of hydrazine groups is 1. The van der Waals surface area contributed by atoms with E-state index in [1.54, 1.807) is 0 Å². The van der Waals surface area contributed by atoms with Gasteiger partial charge in [0.1, 0.15) is 0 Å². The summed E-state index contributed by atoms with van der Waals surface area (Å²) in [6.45, 7) is 4.01. The van der Waals surface area contributed by atoms with Gasteiger partial charge < -0.3 is 15.2 Å². The van der Waals surface area contributed by atoms with E-state index in [-0.39, 0.29) is 25.0 Å². The van der Waals surface area contributed by atoms with Gasteiger partial charge in [-0.2, -0.15) is 0 Å². The molecule has 1 unspecified atom stereocenters. The monoisotopic (exact) mass is 325 g/mol. The highest BCUT2D eigenvalue weighted by Crippen LogP contribution is 2.04. The number of aliphatic hydroxyl groups excluding tert-OH is 1. The Hall–Kier alpha value is -1.70. The summed E-state index contributed by atoms with van der Waals surface area (Å²) < 4.78 is 5.27. The Balaban J connectivity index is 2.16. The molecule has 0 saturated carbocycles. The summed E-state index contributed by atoms with van der Waals surface area (Å²) in [5.74, 6) is -0.249. The van der Waals surface area contributed by atoms with Gasteiger partial charge in [0.2, 0.25) is 5.91 Å². The molecule has 0 aliphatic heterocycles. The zero-order valence-electron chi connectivity index (χ0n) is 12.8. The number of hydrogen-bond acceptors (Lipinski definition) is 4. The van der Waals surface area contributed by atoms with Gasteiger partial charge in [0.25, 0.3) is 0 Å². The number of nitrogens with one attached hydrogen (secondary N) is 3. The third-order valence-corrected chi connectivity index (χ3v) is 2.88. The molecule has 1 aromatic carbocycles. The third-order valence-electron chi connectivity index (χ3n) is 2.67. The summed E-state index contributed by atoms with van der Waals surface area (Å²) >= 11 is 5.05. The molecular weight excluding hydrogens is 302 g/mol. The van der Waals surface area contributed by atoms with E-state index in [4.69, 9.17) is 17.0 Å². The standard InChI is InChI=1S/C15H23N3O3S/c1-11(2)21-10-13(19)8-9-14(20)17-18-15(22)16-12-6-4-3-5-7-12/h3-7,11,13,19H,8-10H2,1-2H3,(H,17,20)(H2,16,18,22). The van der Waals surface area contributed by atoms with Crippen LogP contribution in [0.3, 0.4) is 0 Å². The van der Waals surface area contributed by atoms with Crippen LogP contribution >= 0.6 is 12.2 Å². The normalized spacial score (nSPS) is 11.8. The highest BCUT2D eigenvalue weighted by molar-refractivity contribution is 7.80. The smallest absolute Gasteiger partial charge is 0.238 e. The molecule has 0 heterocycles. The molecule has 7 heteroatoms. The maximum Gasteiger partial charge on any atom is 0.238 e. The minimum atomic E-state index is -0.650. The highest BCUT2D eigenvalue weighted by atomic mass is 32.1. The SMILES string of the molecule is CC(C)OCC(O)CCC(=O)NNC(=S)Nc1ccccc1. The van der Waals surface area contributed by atoms with Crippen LogP contribution in [0.15, 0.2) is 30.3 Å². The van der Waals surface area contributed by atoms with Crippen LogP contribution in [-0.2, 0) is 9.53 Å². The molecule has 1 amide bonds. The van der Waals surface area contributed by atoms with Crippen LogP contribution in [-0.4, -0.2) is 34.9 Å². The Bertz CT molecular complexity index is 468. The van der Waals surface area contributed by atoms with Gasteiger partial charge in [-0.25, -0.2) is 0 Å². The summed E-state index contributed by atoms with van der Waals surface area (Å²) in [5.41, 5.74) is 5.92. The van der Waals surface area contributed by atoms with Gasteiger partial charge >= 0.3 is 0 Å². The van der Waals surface area contributed by atoms with Crippen molar-refractivity contribution in [3.8, 4) is 0 Å². The fourth-order valence-electron chi connectivity index (χ4n) is 1.56. The second kappa shape index (κ2) is 10.1. The van der Waals surface area contributed by atoms with Gasteiger partial charge in [0, 0.05) is 12.1 Å². The first-order chi connectivity index (χ1) is 10.5. The fraction of sp³-hybridized carbons (Fsp3) is 0.467. The van der Waals surface area contributed by atoms with Gasteiger partial charge in [-0.15, -0.1) is 0 Å². The lowest BCUT2D eigenvalue weighted by atomic mass is 10.2. The Morgan fingerprint density at radius 1 is 1.27 bits per heavy atom. The summed E-state index contributed by atoms with van der Waals surface area (Å²) in [6.07, 6.45) is -0.0722. The number of rotatable bonds is 7. The van der Waals surface area contributed by atoms with Crippen LogP contribution in [0.2, 0.25) is 0 Å². The Labute approximate surface area is 136 Å². The molecule has 1 rings (SSSR count). The molecule has 1 aromatic rings. The van der Waals surface area contributed by atoms with Crippen molar-refractivity contribution in [1.29, 1.82) is 0 Å².